The molecule has 0 unspecified atom stereocenters. The minimum atomic E-state index is -0.641. The molecule has 0 saturated carbocycles. The number of hydrogen-bond acceptors (Lipinski definition) is 7. The molecule has 4 heterocycles. The predicted octanol–water partition coefficient (Wildman–Crippen LogP) is 4.30. The van der Waals surface area contributed by atoms with Gasteiger partial charge in [-0.25, -0.2) is 9.37 Å². The maximum absolute atomic E-state index is 14.0. The number of ether oxygens (including phenoxy) is 1. The van der Waals surface area contributed by atoms with Gasteiger partial charge >= 0.3 is 0 Å². The second-order valence-electron chi connectivity index (χ2n) is 12.8. The van der Waals surface area contributed by atoms with E-state index in [1.807, 2.05) is 0 Å². The summed E-state index contributed by atoms with van der Waals surface area (Å²) in [5, 5.41) is 9.73. The number of nitrogens with one attached hydrogen (secondary N) is 3. The molecular weight excluding hydrogens is 581 g/mol. The summed E-state index contributed by atoms with van der Waals surface area (Å²) in [5.41, 5.74) is -0.0531. The normalized spacial score (nSPS) is 25.3. The highest BCUT2D eigenvalue weighted by atomic mass is 32.1. The molecule has 238 valence electrons. The first-order chi connectivity index (χ1) is 21.2. The van der Waals surface area contributed by atoms with Gasteiger partial charge in [-0.15, -0.1) is 11.3 Å². The number of piperidine rings is 1. The molecule has 2 saturated heterocycles. The molecule has 1 spiro atoms. The molecule has 44 heavy (non-hydrogen) atoms. The fraction of sp³-hybridized carbons (Fsp3) is 0.576. The zero-order valence-corrected chi connectivity index (χ0v) is 26.5. The quantitative estimate of drug-likeness (QED) is 0.396. The molecule has 2 fully saturated rings. The average molecular weight is 626 g/mol. The van der Waals surface area contributed by atoms with Crippen molar-refractivity contribution >= 4 is 34.2 Å². The number of likely N-dealkylation sites (tertiary alicyclic amines) is 1. The summed E-state index contributed by atoms with van der Waals surface area (Å²) >= 11 is 1.34. The molecular formula is C33H44FN5O4S. The van der Waals surface area contributed by atoms with Crippen LogP contribution in [0.25, 0.3) is 0 Å². The number of allylic oxidation sites excluding steroid dienone is 2. The average Bonchev–Trinajstić information content (AvgIpc) is 3.43. The van der Waals surface area contributed by atoms with Crippen molar-refractivity contribution in [3.63, 3.8) is 0 Å². The lowest BCUT2D eigenvalue weighted by Gasteiger charge is -2.41. The summed E-state index contributed by atoms with van der Waals surface area (Å²) < 4.78 is 19.7. The molecule has 3 atom stereocenters. The van der Waals surface area contributed by atoms with Gasteiger partial charge in [0.15, 0.2) is 5.13 Å². The molecule has 0 radical (unpaired) electrons. The predicted molar refractivity (Wildman–Crippen MR) is 169 cm³/mol. The van der Waals surface area contributed by atoms with E-state index in [0.717, 1.165) is 17.7 Å². The highest BCUT2D eigenvalue weighted by Gasteiger charge is 2.42. The van der Waals surface area contributed by atoms with Crippen LogP contribution in [0.4, 0.5) is 9.52 Å². The molecule has 0 aliphatic carbocycles. The van der Waals surface area contributed by atoms with E-state index < -0.39 is 11.5 Å². The van der Waals surface area contributed by atoms with Gasteiger partial charge < -0.3 is 20.7 Å². The molecule has 3 amide bonds. The van der Waals surface area contributed by atoms with Crippen LogP contribution in [0.5, 0.6) is 0 Å². The topological polar surface area (TPSA) is 113 Å². The number of carbonyl (C=O) groups excluding carboxylic acids is 3. The maximum atomic E-state index is 14.0. The van der Waals surface area contributed by atoms with E-state index in [1.54, 1.807) is 24.4 Å². The highest BCUT2D eigenvalue weighted by molar-refractivity contribution is 7.15. The van der Waals surface area contributed by atoms with E-state index in [0.29, 0.717) is 69.1 Å². The van der Waals surface area contributed by atoms with Crippen LogP contribution < -0.4 is 16.0 Å². The first kappa shape index (κ1) is 32.2. The van der Waals surface area contributed by atoms with E-state index in [1.165, 1.54) is 17.4 Å². The lowest BCUT2D eigenvalue weighted by molar-refractivity contribution is -0.138. The van der Waals surface area contributed by atoms with Gasteiger partial charge in [0, 0.05) is 36.1 Å². The SMILES string of the molecule is CC(C)C[C@@H]1NC(=O)C2(C/C=C/C[C@@H]3COCC[C@@H]3NC1=O)CCN(CC(=O)Nc1ncc(Cc3ccccc3F)s1)CC2. The number of carbonyl (C=O) groups is 3. The smallest absolute Gasteiger partial charge is 0.242 e. The number of halogens is 1. The molecule has 1 aromatic carbocycles. The van der Waals surface area contributed by atoms with Crippen LogP contribution in [0.3, 0.4) is 0 Å². The third-order valence-electron chi connectivity index (χ3n) is 9.03. The second kappa shape index (κ2) is 14.8. The fourth-order valence-corrected chi connectivity index (χ4v) is 7.25. The van der Waals surface area contributed by atoms with Gasteiger partial charge in [0.05, 0.1) is 18.6 Å². The van der Waals surface area contributed by atoms with Crippen LogP contribution in [0.15, 0.2) is 42.6 Å². The highest BCUT2D eigenvalue weighted by Crippen LogP contribution is 2.37. The Morgan fingerprint density at radius 1 is 1.20 bits per heavy atom. The van der Waals surface area contributed by atoms with Gasteiger partial charge in [-0.05, 0) is 69.2 Å². The largest absolute Gasteiger partial charge is 0.381 e. The summed E-state index contributed by atoms with van der Waals surface area (Å²) in [5.74, 6) is -0.171. The molecule has 3 N–H and O–H groups in total. The van der Waals surface area contributed by atoms with Gasteiger partial charge in [-0.1, -0.05) is 44.2 Å². The van der Waals surface area contributed by atoms with Gasteiger partial charge in [-0.3, -0.25) is 19.3 Å². The number of rotatable bonds is 7. The Bertz CT molecular complexity index is 1340. The van der Waals surface area contributed by atoms with Crippen molar-refractivity contribution in [3.8, 4) is 0 Å². The summed E-state index contributed by atoms with van der Waals surface area (Å²) in [6, 6.07) is 6.10. The van der Waals surface area contributed by atoms with Crippen molar-refractivity contribution in [2.75, 3.05) is 38.2 Å². The minimum absolute atomic E-state index is 0.0399. The molecule has 3 aliphatic rings. The summed E-state index contributed by atoms with van der Waals surface area (Å²) in [4.78, 5) is 47.4. The maximum Gasteiger partial charge on any atom is 0.242 e. The Morgan fingerprint density at radius 3 is 2.77 bits per heavy atom. The van der Waals surface area contributed by atoms with Gasteiger partial charge in [0.1, 0.15) is 11.9 Å². The minimum Gasteiger partial charge on any atom is -0.381 e. The summed E-state index contributed by atoms with van der Waals surface area (Å²) in [6.07, 6.45) is 10.3. The Balaban J connectivity index is 1.20. The Hall–Kier alpha value is -3.15. The first-order valence-electron chi connectivity index (χ1n) is 15.7. The van der Waals surface area contributed by atoms with Crippen LogP contribution in [0, 0.1) is 23.1 Å². The van der Waals surface area contributed by atoms with Crippen LogP contribution in [0.2, 0.25) is 0 Å². The van der Waals surface area contributed by atoms with Crippen molar-refractivity contribution in [3.05, 3.63) is 58.9 Å². The summed E-state index contributed by atoms with van der Waals surface area (Å²) in [7, 11) is 0. The van der Waals surface area contributed by atoms with Gasteiger partial charge in [0.25, 0.3) is 0 Å². The Labute approximate surface area is 263 Å². The van der Waals surface area contributed by atoms with Gasteiger partial charge in [0.2, 0.25) is 17.7 Å². The summed E-state index contributed by atoms with van der Waals surface area (Å²) in [6.45, 7) is 6.73. The monoisotopic (exact) mass is 625 g/mol. The lowest BCUT2D eigenvalue weighted by atomic mass is 9.74. The van der Waals surface area contributed by atoms with Crippen molar-refractivity contribution in [1.29, 1.82) is 0 Å². The van der Waals surface area contributed by atoms with E-state index >= 15 is 0 Å². The standard InChI is InChI=1S/C33H44FN5O4S/c1-22(2)17-28-30(41)36-27-10-16-43-21-24(27)8-5-6-11-33(31(42)37-28)12-14-39(15-13-33)20-29(40)38-32-35-19-25(44-32)18-23-7-3-4-9-26(23)34/h3-7,9,19,22,24,27-28H,8,10-18,20-21H2,1-2H3,(H,36,41)(H,37,42)(H,35,38,40)/b6-5+/t24-,27+,28+/m1/s1. The number of fused-ring (bicyclic) bond motifs is 1. The zero-order chi connectivity index (χ0) is 31.1. The number of anilines is 1. The van der Waals surface area contributed by atoms with Crippen molar-refractivity contribution in [1.82, 2.24) is 20.5 Å². The first-order valence-corrected chi connectivity index (χ1v) is 16.6. The molecule has 9 nitrogen and oxygen atoms in total. The molecule has 3 aliphatic heterocycles. The number of thiazole rings is 1. The third-order valence-corrected chi connectivity index (χ3v) is 9.94. The van der Waals surface area contributed by atoms with Crippen LogP contribution in [-0.4, -0.2) is 72.5 Å². The van der Waals surface area contributed by atoms with Crippen molar-refractivity contribution < 1.29 is 23.5 Å². The third kappa shape index (κ3) is 8.31. The van der Waals surface area contributed by atoms with E-state index in [2.05, 4.69) is 51.8 Å². The fourth-order valence-electron chi connectivity index (χ4n) is 6.40. The molecule has 1 aromatic heterocycles. The number of benzene rings is 1. The second-order valence-corrected chi connectivity index (χ2v) is 13.9. The molecule has 2 aromatic rings. The molecule has 5 rings (SSSR count). The Morgan fingerprint density at radius 2 is 2.00 bits per heavy atom. The zero-order valence-electron chi connectivity index (χ0n) is 25.6. The van der Waals surface area contributed by atoms with Crippen molar-refractivity contribution in [2.45, 2.75) is 70.9 Å². The number of hydrogen-bond donors (Lipinski definition) is 3. The van der Waals surface area contributed by atoms with E-state index in [9.17, 15) is 18.8 Å². The van der Waals surface area contributed by atoms with Crippen LogP contribution >= 0.6 is 11.3 Å². The lowest BCUT2D eigenvalue weighted by Crippen LogP contribution is -2.57. The van der Waals surface area contributed by atoms with Crippen molar-refractivity contribution in [2.24, 2.45) is 17.3 Å². The van der Waals surface area contributed by atoms with Gasteiger partial charge in [-0.2, -0.15) is 0 Å². The number of nitrogens with zero attached hydrogens (tertiary/aromatic N) is 2. The Kier molecular flexibility index (Phi) is 10.8. The molecule has 11 heteroatoms. The van der Waals surface area contributed by atoms with E-state index in [4.69, 9.17) is 4.74 Å². The van der Waals surface area contributed by atoms with Crippen LogP contribution in [0.1, 0.15) is 62.8 Å². The number of amides is 3. The van der Waals surface area contributed by atoms with E-state index in [-0.39, 0.29) is 48.0 Å². The van der Waals surface area contributed by atoms with Crippen LogP contribution in [-0.2, 0) is 25.5 Å². The molecule has 0 bridgehead atoms. The number of aromatic nitrogens is 1.